The number of piperidine rings is 1. The second-order valence-electron chi connectivity index (χ2n) is 7.65. The van der Waals surface area contributed by atoms with Crippen molar-refractivity contribution in [2.75, 3.05) is 25.0 Å². The van der Waals surface area contributed by atoms with Gasteiger partial charge in [-0.15, -0.1) is 6.58 Å². The van der Waals surface area contributed by atoms with Crippen LogP contribution >= 0.6 is 0 Å². The fourth-order valence-electron chi connectivity index (χ4n) is 3.48. The maximum Gasteiger partial charge on any atom is 0.255 e. The first-order chi connectivity index (χ1) is 14.1. The number of benzene rings is 2. The Balaban J connectivity index is 1.63. The molecule has 0 aliphatic carbocycles. The lowest BCUT2D eigenvalue weighted by Gasteiger charge is -2.30. The van der Waals surface area contributed by atoms with Crippen LogP contribution in [0.1, 0.15) is 46.0 Å². The molecule has 0 spiro atoms. The van der Waals surface area contributed by atoms with Gasteiger partial charge in [0.25, 0.3) is 11.8 Å². The van der Waals surface area contributed by atoms with Crippen LogP contribution in [0.15, 0.2) is 61.2 Å². The lowest BCUT2D eigenvalue weighted by atomic mass is 9.99. The minimum Gasteiger partial charge on any atom is -0.349 e. The Morgan fingerprint density at radius 2 is 1.76 bits per heavy atom. The summed E-state index contributed by atoms with van der Waals surface area (Å²) in [6.45, 7) is 9.47. The summed E-state index contributed by atoms with van der Waals surface area (Å²) in [5.41, 5.74) is 2.70. The fourth-order valence-corrected chi connectivity index (χ4v) is 3.48. The van der Waals surface area contributed by atoms with Gasteiger partial charge in [-0.1, -0.05) is 37.3 Å². The molecule has 0 unspecified atom stereocenters. The van der Waals surface area contributed by atoms with Crippen molar-refractivity contribution in [3.63, 3.8) is 0 Å². The summed E-state index contributed by atoms with van der Waals surface area (Å²) >= 11 is 0. The average molecular weight is 392 g/mol. The number of hydrogen-bond acceptors (Lipinski definition) is 3. The zero-order chi connectivity index (χ0) is 20.6. The standard InChI is InChI=1S/C24H29N3O2/c1-3-14-25-24(29)21-6-4-5-7-22(21)26-23(28)20-10-8-19(9-11-20)17-27-15-12-18(2)13-16-27/h3-11,18H,1,12-17H2,2H3,(H,25,29)(H,26,28). The van der Waals surface area contributed by atoms with E-state index >= 15 is 0 Å². The fraction of sp³-hybridized carbons (Fsp3) is 0.333. The van der Waals surface area contributed by atoms with Crippen molar-refractivity contribution in [3.05, 3.63) is 77.9 Å². The molecule has 1 aliphatic heterocycles. The third kappa shape index (κ3) is 5.78. The van der Waals surface area contributed by atoms with Gasteiger partial charge < -0.3 is 10.6 Å². The topological polar surface area (TPSA) is 61.4 Å². The molecule has 0 atom stereocenters. The number of anilines is 1. The van der Waals surface area contributed by atoms with E-state index in [1.807, 2.05) is 24.3 Å². The molecule has 0 saturated carbocycles. The maximum atomic E-state index is 12.7. The zero-order valence-electron chi connectivity index (χ0n) is 17.0. The van der Waals surface area contributed by atoms with E-state index in [1.54, 1.807) is 30.3 Å². The zero-order valence-corrected chi connectivity index (χ0v) is 17.0. The maximum absolute atomic E-state index is 12.7. The van der Waals surface area contributed by atoms with Crippen LogP contribution < -0.4 is 10.6 Å². The number of para-hydroxylation sites is 1. The summed E-state index contributed by atoms with van der Waals surface area (Å²) in [7, 11) is 0. The number of hydrogen-bond donors (Lipinski definition) is 2. The third-order valence-corrected chi connectivity index (χ3v) is 5.33. The summed E-state index contributed by atoms with van der Waals surface area (Å²) in [5.74, 6) is 0.346. The summed E-state index contributed by atoms with van der Waals surface area (Å²) in [6.07, 6.45) is 4.12. The molecule has 0 bridgehead atoms. The molecule has 29 heavy (non-hydrogen) atoms. The lowest BCUT2D eigenvalue weighted by molar-refractivity contribution is 0.0959. The number of rotatable bonds is 7. The molecular weight excluding hydrogens is 362 g/mol. The van der Waals surface area contributed by atoms with Gasteiger partial charge in [0.2, 0.25) is 0 Å². The molecule has 1 fully saturated rings. The normalized spacial score (nSPS) is 14.9. The van der Waals surface area contributed by atoms with Gasteiger partial charge in [-0.3, -0.25) is 14.5 Å². The number of nitrogens with one attached hydrogen (secondary N) is 2. The molecule has 1 aliphatic rings. The Morgan fingerprint density at radius 1 is 1.07 bits per heavy atom. The van der Waals surface area contributed by atoms with Gasteiger partial charge in [0.1, 0.15) is 0 Å². The van der Waals surface area contributed by atoms with Crippen LogP contribution in [-0.4, -0.2) is 36.3 Å². The first-order valence-electron chi connectivity index (χ1n) is 10.2. The number of carbonyl (C=O) groups excluding carboxylic acids is 2. The van der Waals surface area contributed by atoms with E-state index in [1.165, 1.54) is 18.4 Å². The molecular formula is C24H29N3O2. The van der Waals surface area contributed by atoms with Gasteiger partial charge in [-0.2, -0.15) is 0 Å². The Bertz CT molecular complexity index is 853. The second kappa shape index (κ2) is 10.0. The van der Waals surface area contributed by atoms with Crippen LogP contribution in [-0.2, 0) is 6.54 Å². The van der Waals surface area contributed by atoms with Crippen molar-refractivity contribution in [3.8, 4) is 0 Å². The monoisotopic (exact) mass is 391 g/mol. The van der Waals surface area contributed by atoms with Crippen LogP contribution in [0.5, 0.6) is 0 Å². The third-order valence-electron chi connectivity index (χ3n) is 5.33. The molecule has 1 saturated heterocycles. The predicted molar refractivity (Wildman–Crippen MR) is 117 cm³/mol. The van der Waals surface area contributed by atoms with Crippen LogP contribution in [0.4, 0.5) is 5.69 Å². The first kappa shape index (κ1) is 20.8. The Morgan fingerprint density at radius 3 is 2.45 bits per heavy atom. The average Bonchev–Trinajstić information content (AvgIpc) is 2.74. The van der Waals surface area contributed by atoms with Gasteiger partial charge in [0, 0.05) is 18.7 Å². The number of likely N-dealkylation sites (tertiary alicyclic amines) is 1. The van der Waals surface area contributed by atoms with Crippen LogP contribution in [0.2, 0.25) is 0 Å². The molecule has 0 aromatic heterocycles. The van der Waals surface area contributed by atoms with Crippen molar-refractivity contribution in [2.45, 2.75) is 26.3 Å². The van der Waals surface area contributed by atoms with E-state index in [2.05, 4.69) is 29.0 Å². The van der Waals surface area contributed by atoms with E-state index in [-0.39, 0.29) is 11.8 Å². The number of carbonyl (C=O) groups is 2. The molecule has 5 heteroatoms. The molecule has 5 nitrogen and oxygen atoms in total. The van der Waals surface area contributed by atoms with E-state index in [9.17, 15) is 9.59 Å². The second-order valence-corrected chi connectivity index (χ2v) is 7.65. The van der Waals surface area contributed by atoms with E-state index in [4.69, 9.17) is 0 Å². The van der Waals surface area contributed by atoms with Crippen molar-refractivity contribution in [2.24, 2.45) is 5.92 Å². The lowest BCUT2D eigenvalue weighted by Crippen LogP contribution is -2.32. The summed E-state index contributed by atoms with van der Waals surface area (Å²) < 4.78 is 0. The van der Waals surface area contributed by atoms with Crippen LogP contribution in [0.3, 0.4) is 0 Å². The molecule has 2 aromatic rings. The quantitative estimate of drug-likeness (QED) is 0.699. The highest BCUT2D eigenvalue weighted by Crippen LogP contribution is 2.19. The first-order valence-corrected chi connectivity index (χ1v) is 10.2. The smallest absolute Gasteiger partial charge is 0.255 e. The minimum atomic E-state index is -0.244. The Kier molecular flexibility index (Phi) is 7.19. The molecule has 152 valence electrons. The molecule has 3 rings (SSSR count). The Labute approximate surface area is 172 Å². The molecule has 2 amide bonds. The van der Waals surface area contributed by atoms with Gasteiger partial charge >= 0.3 is 0 Å². The van der Waals surface area contributed by atoms with E-state index < -0.39 is 0 Å². The van der Waals surface area contributed by atoms with Crippen molar-refractivity contribution in [1.29, 1.82) is 0 Å². The van der Waals surface area contributed by atoms with E-state index in [0.29, 0.717) is 23.4 Å². The van der Waals surface area contributed by atoms with Crippen molar-refractivity contribution in [1.82, 2.24) is 10.2 Å². The summed E-state index contributed by atoms with van der Waals surface area (Å²) in [4.78, 5) is 27.4. The molecule has 0 radical (unpaired) electrons. The SMILES string of the molecule is C=CCNC(=O)c1ccccc1NC(=O)c1ccc(CN2CCC(C)CC2)cc1. The predicted octanol–water partition coefficient (Wildman–Crippen LogP) is 4.09. The summed E-state index contributed by atoms with van der Waals surface area (Å²) in [6, 6.07) is 14.7. The number of nitrogens with zero attached hydrogens (tertiary/aromatic N) is 1. The van der Waals surface area contributed by atoms with E-state index in [0.717, 1.165) is 25.6 Å². The molecule has 1 heterocycles. The highest BCUT2D eigenvalue weighted by molar-refractivity contribution is 6.09. The largest absolute Gasteiger partial charge is 0.349 e. The Hall–Kier alpha value is -2.92. The van der Waals surface area contributed by atoms with Crippen molar-refractivity contribution >= 4 is 17.5 Å². The van der Waals surface area contributed by atoms with Gasteiger partial charge in [0.05, 0.1) is 11.3 Å². The highest BCUT2D eigenvalue weighted by atomic mass is 16.2. The van der Waals surface area contributed by atoms with Gasteiger partial charge in [-0.25, -0.2) is 0 Å². The molecule has 2 N–H and O–H groups in total. The number of amides is 2. The molecule has 2 aromatic carbocycles. The minimum absolute atomic E-state index is 0.229. The van der Waals surface area contributed by atoms with Gasteiger partial charge in [-0.05, 0) is 61.7 Å². The van der Waals surface area contributed by atoms with Crippen LogP contribution in [0.25, 0.3) is 0 Å². The van der Waals surface area contributed by atoms with Crippen LogP contribution in [0, 0.1) is 5.92 Å². The summed E-state index contributed by atoms with van der Waals surface area (Å²) in [5, 5.41) is 5.59. The van der Waals surface area contributed by atoms with Gasteiger partial charge in [0.15, 0.2) is 0 Å². The highest BCUT2D eigenvalue weighted by Gasteiger charge is 2.16. The van der Waals surface area contributed by atoms with Crippen molar-refractivity contribution < 1.29 is 9.59 Å².